The molecule has 0 aromatic heterocycles. The van der Waals surface area contributed by atoms with Crippen LogP contribution in [0, 0.1) is 11.8 Å². The summed E-state index contributed by atoms with van der Waals surface area (Å²) in [5.41, 5.74) is 1.14. The van der Waals surface area contributed by atoms with Crippen molar-refractivity contribution in [2.75, 3.05) is 19.6 Å². The van der Waals surface area contributed by atoms with Gasteiger partial charge in [0.05, 0.1) is 6.54 Å². The van der Waals surface area contributed by atoms with E-state index in [4.69, 9.17) is 0 Å². The Morgan fingerprint density at radius 2 is 1.80 bits per heavy atom. The first kappa shape index (κ1) is 13.8. The average molecular weight is 271 g/mol. The molecule has 1 aromatic carbocycles. The molecule has 0 spiro atoms. The molecule has 2 fully saturated rings. The fourth-order valence-electron chi connectivity index (χ4n) is 3.95. The monoisotopic (exact) mass is 271 g/mol. The third-order valence-corrected chi connectivity index (χ3v) is 5.02. The minimum absolute atomic E-state index is 0.366. The zero-order chi connectivity index (χ0) is 13.8. The Bertz CT molecular complexity index is 442. The van der Waals surface area contributed by atoms with E-state index in [1.54, 1.807) is 0 Å². The van der Waals surface area contributed by atoms with Gasteiger partial charge in [0.25, 0.3) is 0 Å². The summed E-state index contributed by atoms with van der Waals surface area (Å²) < 4.78 is 0. The second-order valence-electron chi connectivity index (χ2n) is 6.53. The van der Waals surface area contributed by atoms with Gasteiger partial charge in [0, 0.05) is 13.0 Å². The molecule has 108 valence electrons. The SMILES string of the molecule is O=C(Cc1ccccc1)CN1CCC2CCCCC2C1. The Morgan fingerprint density at radius 1 is 1.05 bits per heavy atom. The molecule has 0 amide bonds. The number of rotatable bonds is 4. The van der Waals surface area contributed by atoms with E-state index < -0.39 is 0 Å². The lowest BCUT2D eigenvalue weighted by molar-refractivity contribution is -0.120. The molecule has 2 aliphatic rings. The van der Waals surface area contributed by atoms with Crippen LogP contribution in [0.3, 0.4) is 0 Å². The first-order valence-electron chi connectivity index (χ1n) is 8.09. The lowest BCUT2D eigenvalue weighted by Gasteiger charge is -2.41. The van der Waals surface area contributed by atoms with Crippen molar-refractivity contribution in [2.45, 2.75) is 38.5 Å². The Kier molecular flexibility index (Phi) is 4.51. The Balaban J connectivity index is 1.49. The summed E-state index contributed by atoms with van der Waals surface area (Å²) in [7, 11) is 0. The normalized spacial score (nSPS) is 27.0. The fraction of sp³-hybridized carbons (Fsp3) is 0.611. The molecule has 2 nitrogen and oxygen atoms in total. The van der Waals surface area contributed by atoms with Crippen LogP contribution in [0.4, 0.5) is 0 Å². The van der Waals surface area contributed by atoms with Crippen molar-refractivity contribution in [2.24, 2.45) is 11.8 Å². The predicted octanol–water partition coefficient (Wildman–Crippen LogP) is 3.31. The van der Waals surface area contributed by atoms with Crippen LogP contribution in [-0.4, -0.2) is 30.3 Å². The van der Waals surface area contributed by atoms with Gasteiger partial charge >= 0.3 is 0 Å². The smallest absolute Gasteiger partial charge is 0.151 e. The van der Waals surface area contributed by atoms with Crippen LogP contribution < -0.4 is 0 Å². The number of carbonyl (C=O) groups excluding carboxylic acids is 1. The number of likely N-dealkylation sites (tertiary alicyclic amines) is 1. The van der Waals surface area contributed by atoms with E-state index in [1.807, 2.05) is 30.3 Å². The summed E-state index contributed by atoms with van der Waals surface area (Å²) >= 11 is 0. The highest BCUT2D eigenvalue weighted by Gasteiger charge is 2.31. The molecule has 2 unspecified atom stereocenters. The third-order valence-electron chi connectivity index (χ3n) is 5.02. The maximum absolute atomic E-state index is 12.2. The van der Waals surface area contributed by atoms with Gasteiger partial charge in [0.1, 0.15) is 0 Å². The number of nitrogens with zero attached hydrogens (tertiary/aromatic N) is 1. The molecule has 2 atom stereocenters. The quantitative estimate of drug-likeness (QED) is 0.837. The highest BCUT2D eigenvalue weighted by atomic mass is 16.1. The summed E-state index contributed by atoms with van der Waals surface area (Å²) in [6.07, 6.45) is 7.53. The number of hydrogen-bond acceptors (Lipinski definition) is 2. The van der Waals surface area contributed by atoms with E-state index in [0.29, 0.717) is 18.7 Å². The number of piperidine rings is 1. The first-order chi connectivity index (χ1) is 9.81. The van der Waals surface area contributed by atoms with Gasteiger partial charge < -0.3 is 0 Å². The molecule has 2 heteroatoms. The van der Waals surface area contributed by atoms with E-state index in [0.717, 1.165) is 30.5 Å². The Hall–Kier alpha value is -1.15. The lowest BCUT2D eigenvalue weighted by atomic mass is 9.75. The van der Waals surface area contributed by atoms with Crippen LogP contribution in [0.5, 0.6) is 0 Å². The van der Waals surface area contributed by atoms with Crippen LogP contribution in [-0.2, 0) is 11.2 Å². The van der Waals surface area contributed by atoms with Crippen molar-refractivity contribution in [3.05, 3.63) is 35.9 Å². The van der Waals surface area contributed by atoms with Crippen LogP contribution in [0.25, 0.3) is 0 Å². The molecule has 1 saturated carbocycles. The average Bonchev–Trinajstić information content (AvgIpc) is 2.48. The molecular weight excluding hydrogens is 246 g/mol. The van der Waals surface area contributed by atoms with Crippen molar-refractivity contribution >= 4 is 5.78 Å². The molecule has 1 heterocycles. The highest BCUT2D eigenvalue weighted by molar-refractivity contribution is 5.82. The number of fused-ring (bicyclic) bond motifs is 1. The summed E-state index contributed by atoms with van der Waals surface area (Å²) in [5, 5.41) is 0. The van der Waals surface area contributed by atoms with Crippen molar-refractivity contribution in [1.29, 1.82) is 0 Å². The molecule has 1 aromatic rings. The van der Waals surface area contributed by atoms with E-state index in [-0.39, 0.29) is 0 Å². The first-order valence-corrected chi connectivity index (χ1v) is 8.09. The zero-order valence-electron chi connectivity index (χ0n) is 12.3. The van der Waals surface area contributed by atoms with Crippen LogP contribution in [0.1, 0.15) is 37.7 Å². The Labute approximate surface area is 122 Å². The largest absolute Gasteiger partial charge is 0.298 e. The van der Waals surface area contributed by atoms with Crippen molar-refractivity contribution in [3.63, 3.8) is 0 Å². The molecule has 1 aliphatic carbocycles. The molecule has 1 aliphatic heterocycles. The van der Waals surface area contributed by atoms with E-state index in [2.05, 4.69) is 4.90 Å². The van der Waals surface area contributed by atoms with Gasteiger partial charge in [0.15, 0.2) is 5.78 Å². The number of Topliss-reactive ketones (excluding diaryl/α,β-unsaturated/α-hetero) is 1. The maximum atomic E-state index is 12.2. The van der Waals surface area contributed by atoms with Crippen LogP contribution >= 0.6 is 0 Å². The summed E-state index contributed by atoms with van der Waals surface area (Å²) in [4.78, 5) is 14.6. The topological polar surface area (TPSA) is 20.3 Å². The van der Waals surface area contributed by atoms with Gasteiger partial charge in [-0.25, -0.2) is 0 Å². The predicted molar refractivity (Wildman–Crippen MR) is 81.7 cm³/mol. The van der Waals surface area contributed by atoms with Gasteiger partial charge in [-0.2, -0.15) is 0 Å². The minimum Gasteiger partial charge on any atom is -0.298 e. The summed E-state index contributed by atoms with van der Waals surface area (Å²) in [6, 6.07) is 10.1. The molecule has 0 N–H and O–H groups in total. The van der Waals surface area contributed by atoms with Crippen molar-refractivity contribution < 1.29 is 4.79 Å². The zero-order valence-corrected chi connectivity index (χ0v) is 12.3. The van der Waals surface area contributed by atoms with Gasteiger partial charge in [0.2, 0.25) is 0 Å². The van der Waals surface area contributed by atoms with Gasteiger partial charge in [-0.05, 0) is 36.8 Å². The van der Waals surface area contributed by atoms with Crippen LogP contribution in [0.15, 0.2) is 30.3 Å². The summed E-state index contributed by atoms with van der Waals surface area (Å²) in [5.74, 6) is 2.18. The van der Waals surface area contributed by atoms with Gasteiger partial charge in [-0.1, -0.05) is 49.6 Å². The molecule has 0 radical (unpaired) electrons. The van der Waals surface area contributed by atoms with Crippen LogP contribution in [0.2, 0.25) is 0 Å². The number of hydrogen-bond donors (Lipinski definition) is 0. The van der Waals surface area contributed by atoms with Crippen molar-refractivity contribution in [3.8, 4) is 0 Å². The number of ketones is 1. The fourth-order valence-corrected chi connectivity index (χ4v) is 3.95. The van der Waals surface area contributed by atoms with Gasteiger partial charge in [-0.15, -0.1) is 0 Å². The second kappa shape index (κ2) is 6.53. The van der Waals surface area contributed by atoms with Crippen molar-refractivity contribution in [1.82, 2.24) is 4.90 Å². The highest BCUT2D eigenvalue weighted by Crippen LogP contribution is 2.35. The lowest BCUT2D eigenvalue weighted by Crippen LogP contribution is -2.44. The minimum atomic E-state index is 0.366. The van der Waals surface area contributed by atoms with E-state index >= 15 is 0 Å². The van der Waals surface area contributed by atoms with Gasteiger partial charge in [-0.3, -0.25) is 9.69 Å². The molecule has 1 saturated heterocycles. The molecule has 3 rings (SSSR count). The number of carbonyl (C=O) groups is 1. The van der Waals surface area contributed by atoms with E-state index in [9.17, 15) is 4.79 Å². The van der Waals surface area contributed by atoms with E-state index in [1.165, 1.54) is 32.1 Å². The molecular formula is C18H25NO. The summed E-state index contributed by atoms with van der Waals surface area (Å²) in [6.45, 7) is 2.94. The Morgan fingerprint density at radius 3 is 2.60 bits per heavy atom. The third kappa shape index (κ3) is 3.49. The molecule has 0 bridgehead atoms. The number of benzene rings is 1. The maximum Gasteiger partial charge on any atom is 0.151 e. The standard InChI is InChI=1S/C18H25NO/c20-18(12-15-6-2-1-3-7-15)14-19-11-10-16-8-4-5-9-17(16)13-19/h1-3,6-7,16-17H,4-5,8-14H2. The molecule has 20 heavy (non-hydrogen) atoms. The second-order valence-corrected chi connectivity index (χ2v) is 6.53.